The molecule has 3 aromatic heterocycles. The van der Waals surface area contributed by atoms with Crippen molar-refractivity contribution in [2.45, 2.75) is 32.0 Å². The monoisotopic (exact) mass is 389 g/mol. The Balaban J connectivity index is 1.58. The van der Waals surface area contributed by atoms with E-state index in [9.17, 15) is 4.79 Å². The quantitative estimate of drug-likeness (QED) is 0.646. The fourth-order valence-corrected chi connectivity index (χ4v) is 4.23. The average molecular weight is 390 g/mol. The molecular formula is C19H20ClN3O2S. The molecule has 5 nitrogen and oxygen atoms in total. The molecule has 136 valence electrons. The summed E-state index contributed by atoms with van der Waals surface area (Å²) in [5.74, 6) is 0. The van der Waals surface area contributed by atoms with Crippen LogP contribution in [0.15, 0.2) is 46.7 Å². The second kappa shape index (κ2) is 7.88. The van der Waals surface area contributed by atoms with Crippen molar-refractivity contribution < 1.29 is 4.74 Å². The molecule has 0 spiro atoms. The van der Waals surface area contributed by atoms with Gasteiger partial charge in [0.15, 0.2) is 0 Å². The zero-order chi connectivity index (χ0) is 17.9. The van der Waals surface area contributed by atoms with E-state index in [2.05, 4.69) is 27.4 Å². The van der Waals surface area contributed by atoms with Crippen molar-refractivity contribution in [3.05, 3.63) is 67.9 Å². The van der Waals surface area contributed by atoms with Crippen molar-refractivity contribution >= 4 is 28.6 Å². The number of ether oxygens (including phenoxy) is 1. The molecule has 3 aromatic rings. The molecule has 0 aliphatic carbocycles. The van der Waals surface area contributed by atoms with E-state index in [4.69, 9.17) is 16.3 Å². The van der Waals surface area contributed by atoms with E-state index >= 15 is 0 Å². The van der Waals surface area contributed by atoms with E-state index in [0.29, 0.717) is 17.2 Å². The van der Waals surface area contributed by atoms with E-state index in [0.717, 1.165) is 38.2 Å². The summed E-state index contributed by atoms with van der Waals surface area (Å²) < 4.78 is 7.29. The summed E-state index contributed by atoms with van der Waals surface area (Å²) in [7, 11) is 0. The lowest BCUT2D eigenvalue weighted by Crippen LogP contribution is -2.32. The first-order valence-electron chi connectivity index (χ1n) is 8.71. The van der Waals surface area contributed by atoms with Crippen molar-refractivity contribution in [1.29, 1.82) is 0 Å². The summed E-state index contributed by atoms with van der Waals surface area (Å²) in [5, 5.41) is 2.61. The predicted molar refractivity (Wildman–Crippen MR) is 104 cm³/mol. The van der Waals surface area contributed by atoms with Crippen LogP contribution >= 0.6 is 22.9 Å². The van der Waals surface area contributed by atoms with Crippen LogP contribution in [-0.4, -0.2) is 33.5 Å². The fraction of sp³-hybridized carbons (Fsp3) is 0.368. The lowest BCUT2D eigenvalue weighted by atomic mass is 10.2. The third-order valence-electron chi connectivity index (χ3n) is 4.51. The summed E-state index contributed by atoms with van der Waals surface area (Å²) in [6, 6.07) is 9.33. The van der Waals surface area contributed by atoms with Gasteiger partial charge in [0.25, 0.3) is 5.56 Å². The first kappa shape index (κ1) is 17.7. The van der Waals surface area contributed by atoms with E-state index in [1.165, 1.54) is 9.28 Å². The van der Waals surface area contributed by atoms with Gasteiger partial charge in [-0.25, -0.2) is 4.98 Å². The molecule has 26 heavy (non-hydrogen) atoms. The average Bonchev–Trinajstić information content (AvgIpc) is 3.30. The van der Waals surface area contributed by atoms with Gasteiger partial charge in [0.1, 0.15) is 5.65 Å². The Labute approximate surface area is 160 Å². The molecule has 1 atom stereocenters. The van der Waals surface area contributed by atoms with Crippen LogP contribution in [0, 0.1) is 0 Å². The first-order valence-corrected chi connectivity index (χ1v) is 9.97. The van der Waals surface area contributed by atoms with Crippen molar-refractivity contribution in [3.63, 3.8) is 0 Å². The van der Waals surface area contributed by atoms with Gasteiger partial charge in [-0.1, -0.05) is 17.7 Å². The number of rotatable bonds is 6. The number of pyridine rings is 1. The molecular weight excluding hydrogens is 370 g/mol. The van der Waals surface area contributed by atoms with Crippen LogP contribution in [0.3, 0.4) is 0 Å². The molecule has 1 fully saturated rings. The van der Waals surface area contributed by atoms with Crippen molar-refractivity contribution in [2.75, 3.05) is 13.2 Å². The van der Waals surface area contributed by atoms with Crippen LogP contribution in [-0.2, 0) is 17.8 Å². The van der Waals surface area contributed by atoms with E-state index < -0.39 is 0 Å². The summed E-state index contributed by atoms with van der Waals surface area (Å²) in [4.78, 5) is 20.7. The maximum absolute atomic E-state index is 12.4. The number of fused-ring (bicyclic) bond motifs is 1. The van der Waals surface area contributed by atoms with Gasteiger partial charge in [-0.2, -0.15) is 0 Å². The highest BCUT2D eigenvalue weighted by Crippen LogP contribution is 2.19. The van der Waals surface area contributed by atoms with Gasteiger partial charge < -0.3 is 4.74 Å². The minimum atomic E-state index is -0.110. The lowest BCUT2D eigenvalue weighted by molar-refractivity contribution is 0.0678. The Kier molecular flexibility index (Phi) is 5.36. The zero-order valence-corrected chi connectivity index (χ0v) is 15.9. The molecule has 0 amide bonds. The molecule has 0 N–H and O–H groups in total. The molecule has 4 heterocycles. The van der Waals surface area contributed by atoms with Crippen LogP contribution in [0.2, 0.25) is 5.02 Å². The molecule has 0 aromatic carbocycles. The molecule has 1 unspecified atom stereocenters. The maximum atomic E-state index is 12.4. The number of hydrogen-bond donors (Lipinski definition) is 0. The first-order chi connectivity index (χ1) is 12.7. The summed E-state index contributed by atoms with van der Waals surface area (Å²) in [6.07, 6.45) is 4.07. The second-order valence-electron chi connectivity index (χ2n) is 6.55. The summed E-state index contributed by atoms with van der Waals surface area (Å²) >= 11 is 7.72. The minimum absolute atomic E-state index is 0.110. The summed E-state index contributed by atoms with van der Waals surface area (Å²) in [5.41, 5.74) is 1.28. The number of nitrogens with zero attached hydrogens (tertiary/aromatic N) is 3. The standard InChI is InChI=1S/C19H20ClN3O2S/c20-14-5-6-18-21-15(9-19(24)23(18)10-14)11-22(12-16-3-1-7-25-16)13-17-4-2-8-26-17/h2,4-6,8-10,16H,1,3,7,11-13H2. The van der Waals surface area contributed by atoms with E-state index in [1.807, 2.05) is 0 Å². The highest BCUT2D eigenvalue weighted by Gasteiger charge is 2.20. The highest BCUT2D eigenvalue weighted by molar-refractivity contribution is 7.09. The number of aromatic nitrogens is 2. The molecule has 0 radical (unpaired) electrons. The van der Waals surface area contributed by atoms with Crippen molar-refractivity contribution in [1.82, 2.24) is 14.3 Å². The Morgan fingerprint density at radius 1 is 1.35 bits per heavy atom. The zero-order valence-electron chi connectivity index (χ0n) is 14.3. The predicted octanol–water partition coefficient (Wildman–Crippen LogP) is 3.59. The molecule has 7 heteroatoms. The van der Waals surface area contributed by atoms with Crippen LogP contribution in [0.5, 0.6) is 0 Å². The Hall–Kier alpha value is -1.73. The van der Waals surface area contributed by atoms with Gasteiger partial charge in [-0.3, -0.25) is 14.1 Å². The smallest absolute Gasteiger partial charge is 0.258 e. The van der Waals surface area contributed by atoms with Crippen LogP contribution in [0.1, 0.15) is 23.4 Å². The highest BCUT2D eigenvalue weighted by atomic mass is 35.5. The van der Waals surface area contributed by atoms with E-state index in [1.54, 1.807) is 35.7 Å². The van der Waals surface area contributed by atoms with Gasteiger partial charge in [-0.05, 0) is 36.4 Å². The molecule has 4 rings (SSSR count). The molecule has 0 bridgehead atoms. The van der Waals surface area contributed by atoms with Gasteiger partial charge in [-0.15, -0.1) is 11.3 Å². The third-order valence-corrected chi connectivity index (χ3v) is 5.59. The topological polar surface area (TPSA) is 46.8 Å². The number of hydrogen-bond acceptors (Lipinski definition) is 5. The fourth-order valence-electron chi connectivity index (χ4n) is 3.32. The second-order valence-corrected chi connectivity index (χ2v) is 8.01. The lowest BCUT2D eigenvalue weighted by Gasteiger charge is -2.24. The molecule has 1 aliphatic rings. The maximum Gasteiger partial charge on any atom is 0.258 e. The largest absolute Gasteiger partial charge is 0.377 e. The molecule has 0 saturated carbocycles. The Bertz CT molecular complexity index is 936. The SMILES string of the molecule is O=c1cc(CN(Cc2cccs2)CC2CCCO2)nc2ccc(Cl)cn12. The molecule has 1 aliphatic heterocycles. The summed E-state index contributed by atoms with van der Waals surface area (Å²) in [6.45, 7) is 3.14. The Morgan fingerprint density at radius 2 is 2.27 bits per heavy atom. The van der Waals surface area contributed by atoms with Crippen molar-refractivity contribution in [2.24, 2.45) is 0 Å². The molecule has 1 saturated heterocycles. The van der Waals surface area contributed by atoms with Crippen LogP contribution < -0.4 is 5.56 Å². The van der Waals surface area contributed by atoms with Gasteiger partial charge >= 0.3 is 0 Å². The normalized spacial score (nSPS) is 17.4. The van der Waals surface area contributed by atoms with E-state index in [-0.39, 0.29) is 11.7 Å². The minimum Gasteiger partial charge on any atom is -0.377 e. The van der Waals surface area contributed by atoms with Crippen LogP contribution in [0.4, 0.5) is 0 Å². The number of thiophene rings is 1. The Morgan fingerprint density at radius 3 is 3.04 bits per heavy atom. The van der Waals surface area contributed by atoms with Gasteiger partial charge in [0, 0.05) is 43.4 Å². The van der Waals surface area contributed by atoms with Crippen molar-refractivity contribution in [3.8, 4) is 0 Å². The third kappa shape index (κ3) is 4.15. The number of halogens is 1. The van der Waals surface area contributed by atoms with Crippen LogP contribution in [0.25, 0.3) is 5.65 Å². The van der Waals surface area contributed by atoms with Gasteiger partial charge in [0.05, 0.1) is 16.8 Å². The van der Waals surface area contributed by atoms with Gasteiger partial charge in [0.2, 0.25) is 0 Å².